The summed E-state index contributed by atoms with van der Waals surface area (Å²) in [5, 5.41) is 27.7. The summed E-state index contributed by atoms with van der Waals surface area (Å²) >= 11 is 6.16. The molecule has 0 unspecified atom stereocenters. The van der Waals surface area contributed by atoms with Gasteiger partial charge in [-0.2, -0.15) is 0 Å². The van der Waals surface area contributed by atoms with Crippen LogP contribution in [-0.2, 0) is 50.6 Å². The van der Waals surface area contributed by atoms with Crippen LogP contribution in [0.1, 0.15) is 80.8 Å². The Morgan fingerprint density at radius 3 is 2.36 bits per heavy atom. The van der Waals surface area contributed by atoms with Crippen molar-refractivity contribution in [1.29, 1.82) is 0 Å². The number of nitrogens with zero attached hydrogens (tertiary/aromatic N) is 3. The fraction of sp³-hybridized carbons (Fsp3) is 0.500. The average Bonchev–Trinajstić information content (AvgIpc) is 4.02. The van der Waals surface area contributed by atoms with Crippen LogP contribution >= 0.6 is 11.6 Å². The Morgan fingerprint density at radius 1 is 0.944 bits per heavy atom. The predicted molar refractivity (Wildman–Crippen MR) is 269 cm³/mol. The van der Waals surface area contributed by atoms with Crippen LogP contribution in [0.4, 0.5) is 5.69 Å². The number of H-pyrrole nitrogens is 1. The highest BCUT2D eigenvalue weighted by atomic mass is 79.9. The fourth-order valence-electron chi connectivity index (χ4n) is 15.3. The van der Waals surface area contributed by atoms with E-state index in [2.05, 4.69) is 22.0 Å². The molecule has 2 bridgehead atoms. The molecule has 1 spiro atoms. The van der Waals surface area contributed by atoms with Gasteiger partial charge < -0.3 is 60.5 Å². The molecule has 10 rings (SSSR count). The van der Waals surface area contributed by atoms with Crippen LogP contribution in [0.3, 0.4) is 0 Å². The zero-order chi connectivity index (χ0) is 50.5. The molecule has 16 heteroatoms. The molecule has 5 aliphatic heterocycles. The molecule has 6 heterocycles. The van der Waals surface area contributed by atoms with E-state index in [0.717, 1.165) is 27.6 Å². The first-order chi connectivity index (χ1) is 33.9. The molecule has 0 amide bonds. The van der Waals surface area contributed by atoms with Crippen LogP contribution in [0.5, 0.6) is 5.75 Å². The molecule has 4 aromatic rings. The van der Waals surface area contributed by atoms with Gasteiger partial charge in [-0.3, -0.25) is 19.3 Å². The quantitative estimate of drug-likeness (QED) is 0.0660. The number of carbonyl (C=O) groups excluding carboxylic acids is 4. The second-order valence-electron chi connectivity index (χ2n) is 21.4. The number of rotatable bonds is 11. The second-order valence-corrected chi connectivity index (χ2v) is 21.8. The topological polar surface area (TPSA) is 168 Å². The molecule has 384 valence electrons. The minimum Gasteiger partial charge on any atom is -1.00 e. The summed E-state index contributed by atoms with van der Waals surface area (Å²) in [7, 11) is 6.07. The van der Waals surface area contributed by atoms with Gasteiger partial charge in [0.15, 0.2) is 6.10 Å². The summed E-state index contributed by atoms with van der Waals surface area (Å²) < 4.78 is 24.5. The second kappa shape index (κ2) is 18.7. The molecule has 14 nitrogen and oxygen atoms in total. The number of hydrogen-bond acceptors (Lipinski definition) is 12. The zero-order valence-corrected chi connectivity index (χ0v) is 44.5. The molecule has 10 atom stereocenters. The Hall–Kier alpha value is -5.03. The molecule has 3 aromatic carbocycles. The molecular formula is C56H66BrClN4O10. The molecular weight excluding hydrogens is 1000 g/mol. The van der Waals surface area contributed by atoms with Crippen molar-refractivity contribution in [2.75, 3.05) is 72.5 Å². The minimum atomic E-state index is -2.36. The number of hydrogen-bond donors (Lipinski definition) is 3. The molecule has 1 aromatic heterocycles. The van der Waals surface area contributed by atoms with Crippen molar-refractivity contribution in [1.82, 2.24) is 9.88 Å². The number of fused-ring (bicyclic) bond motifs is 6. The molecule has 1 saturated carbocycles. The van der Waals surface area contributed by atoms with Crippen LogP contribution in [-0.4, -0.2) is 145 Å². The molecule has 3 N–H and O–H groups in total. The summed E-state index contributed by atoms with van der Waals surface area (Å²) in [5.74, 6) is -2.05. The van der Waals surface area contributed by atoms with Crippen molar-refractivity contribution in [3.8, 4) is 5.75 Å². The van der Waals surface area contributed by atoms with Crippen molar-refractivity contribution in [3.05, 3.63) is 112 Å². The Balaban J connectivity index is 0.00000640. The molecule has 2 saturated heterocycles. The summed E-state index contributed by atoms with van der Waals surface area (Å²) in [6.07, 6.45) is 8.60. The molecule has 0 radical (unpaired) electrons. The first kappa shape index (κ1) is 51.9. The lowest BCUT2D eigenvalue weighted by atomic mass is 9.47. The fourth-order valence-corrected chi connectivity index (χ4v) is 15.4. The Labute approximate surface area is 436 Å². The van der Waals surface area contributed by atoms with E-state index in [0.29, 0.717) is 97.0 Å². The van der Waals surface area contributed by atoms with E-state index in [4.69, 9.17) is 30.5 Å². The van der Waals surface area contributed by atoms with Gasteiger partial charge in [0, 0.05) is 88.7 Å². The molecule has 1 aliphatic carbocycles. The van der Waals surface area contributed by atoms with Crippen LogP contribution in [0.2, 0.25) is 5.02 Å². The number of aliphatic hydroxyl groups is 2. The van der Waals surface area contributed by atoms with Gasteiger partial charge in [-0.1, -0.05) is 74.0 Å². The van der Waals surface area contributed by atoms with Gasteiger partial charge in [0.05, 0.1) is 40.5 Å². The SMILES string of the molecule is CC[C@]1(O)C[C@@H]2C[C@](C(=O)OC)(c3cc4c(cc3OC)N(C)[C@H]3[C@@](O)(C(=O)OC)[C@H](OC(C)=O)[C@]5(CC)C=CCN6CC[C@]43[C@@H]65)c3[nH]c4ccccc4c3CC[N@+](CC(=O)/C=C/c3ccc(Cl)cc3)(C2)C1.[Br-]. The van der Waals surface area contributed by atoms with Crippen LogP contribution < -0.4 is 26.6 Å². The number of ketones is 1. The van der Waals surface area contributed by atoms with Crippen molar-refractivity contribution < 1.29 is 69.8 Å². The maximum Gasteiger partial charge on any atom is 0.344 e. The number of esters is 3. The van der Waals surface area contributed by atoms with Crippen molar-refractivity contribution >= 4 is 58.0 Å². The van der Waals surface area contributed by atoms with Gasteiger partial charge in [-0.05, 0) is 85.7 Å². The average molecular weight is 1070 g/mol. The summed E-state index contributed by atoms with van der Waals surface area (Å²) in [4.78, 5) is 65.8. The van der Waals surface area contributed by atoms with E-state index in [1.807, 2.05) is 74.3 Å². The molecule has 6 aliphatic rings. The van der Waals surface area contributed by atoms with E-state index in [1.165, 1.54) is 21.1 Å². The summed E-state index contributed by atoms with van der Waals surface area (Å²) in [6, 6.07) is 18.0. The number of benzene rings is 3. The number of piperidine rings is 1. The highest BCUT2D eigenvalue weighted by molar-refractivity contribution is 6.30. The Bertz CT molecular complexity index is 2890. The number of quaternary nitrogens is 1. The molecule has 3 fully saturated rings. The number of nitrogens with one attached hydrogen (secondary N) is 1. The van der Waals surface area contributed by atoms with Gasteiger partial charge >= 0.3 is 17.9 Å². The zero-order valence-electron chi connectivity index (χ0n) is 42.1. The number of carbonyl (C=O) groups is 4. The summed E-state index contributed by atoms with van der Waals surface area (Å²) in [5.41, 5.74) is -1.80. The third kappa shape index (κ3) is 7.52. The third-order valence-electron chi connectivity index (χ3n) is 17.8. The Kier molecular flexibility index (Phi) is 13.5. The first-order valence-electron chi connectivity index (χ1n) is 25.0. The van der Waals surface area contributed by atoms with Crippen molar-refractivity contribution in [3.63, 3.8) is 0 Å². The Morgan fingerprint density at radius 2 is 1.68 bits per heavy atom. The highest BCUT2D eigenvalue weighted by Gasteiger charge is 2.80. The number of ether oxygens (including phenoxy) is 4. The first-order valence-corrected chi connectivity index (χ1v) is 25.4. The standard InChI is InChI=1S/C56H66ClN4O10.BrH/c1-8-52(66)29-36-30-55(50(64)69-6,46-40(39-13-10-11-14-43(39)58-46)21-26-61(31-36,33-52)32-38(63)20-17-35-15-18-37(57)19-16-35)42-27-41-44(28-45(42)68-5)59(4)48-54(41)23-25-60-24-12-22-53(9-2,47(54)60)49(71-34(3)62)56(48,67)51(65)70-7;/h10-20,22,27-28,36,47-49,58,66-67H,8-9,21,23-26,29-33H2,1-7H3;1H/q+1;/p-1/b20-17+;/t36-,47+,48-,49-,52+,53-,54-,55+,56+,61-;/m1./s1. The number of anilines is 1. The van der Waals surface area contributed by atoms with E-state index >= 15 is 4.79 Å². The largest absolute Gasteiger partial charge is 1.00 e. The van der Waals surface area contributed by atoms with Gasteiger partial charge in [0.1, 0.15) is 29.9 Å². The van der Waals surface area contributed by atoms with Crippen molar-refractivity contribution in [2.24, 2.45) is 11.3 Å². The monoisotopic (exact) mass is 1070 g/mol. The van der Waals surface area contributed by atoms with Crippen molar-refractivity contribution in [2.45, 2.75) is 99.5 Å². The number of halogens is 2. The highest BCUT2D eigenvalue weighted by Crippen LogP contribution is 2.68. The minimum absolute atomic E-state index is 0. The van der Waals surface area contributed by atoms with Gasteiger partial charge in [-0.15, -0.1) is 0 Å². The van der Waals surface area contributed by atoms with E-state index in [-0.39, 0.29) is 47.7 Å². The lowest BCUT2D eigenvalue weighted by Gasteiger charge is -2.63. The number of methoxy groups -OCH3 is 3. The van der Waals surface area contributed by atoms with Gasteiger partial charge in [-0.25, -0.2) is 4.79 Å². The predicted octanol–water partition coefficient (Wildman–Crippen LogP) is 3.45. The normalized spacial score (nSPS) is 33.3. The lowest BCUT2D eigenvalue weighted by Crippen LogP contribution is -3.00. The molecule has 72 heavy (non-hydrogen) atoms. The van der Waals surface area contributed by atoms with E-state index < -0.39 is 57.5 Å². The van der Waals surface area contributed by atoms with Gasteiger partial charge in [0.2, 0.25) is 11.4 Å². The van der Waals surface area contributed by atoms with E-state index in [1.54, 1.807) is 31.4 Å². The number of aromatic amines is 1. The van der Waals surface area contributed by atoms with Crippen LogP contribution in [0.15, 0.2) is 78.9 Å². The number of para-hydroxylation sites is 1. The van der Waals surface area contributed by atoms with Crippen LogP contribution in [0.25, 0.3) is 17.0 Å². The maximum atomic E-state index is 15.8. The lowest BCUT2D eigenvalue weighted by molar-refractivity contribution is -0.935. The summed E-state index contributed by atoms with van der Waals surface area (Å²) in [6.45, 7) is 8.04. The van der Waals surface area contributed by atoms with Gasteiger partial charge in [0.25, 0.3) is 0 Å². The van der Waals surface area contributed by atoms with E-state index in [9.17, 15) is 24.6 Å². The third-order valence-corrected chi connectivity index (χ3v) is 18.1. The number of aromatic nitrogens is 1. The number of likely N-dealkylation sites (N-methyl/N-ethyl adjacent to an activating group) is 1. The smallest absolute Gasteiger partial charge is 0.344 e. The maximum absolute atomic E-state index is 15.8. The van der Waals surface area contributed by atoms with Crippen LogP contribution in [0, 0.1) is 11.3 Å².